The number of carbonyl (C=O) groups is 2. The number of carbonyl (C=O) groups excluding carboxylic acids is 2. The third-order valence-corrected chi connectivity index (χ3v) is 6.02. The van der Waals surface area contributed by atoms with E-state index in [9.17, 15) is 18.4 Å². The number of halogens is 2. The molecule has 0 aliphatic carbocycles. The Balaban J connectivity index is 1.72. The highest BCUT2D eigenvalue weighted by molar-refractivity contribution is 8.15. The summed E-state index contributed by atoms with van der Waals surface area (Å²) in [5, 5.41) is 2.18. The first-order valence-electron chi connectivity index (χ1n) is 11.0. The number of rotatable bonds is 11. The SMILES string of the molecule is CCOCCCN1C(=O)C(CC(=O)Nc2ccc(F)cc2F)SC1=Nc1ccc(OCC)cc1. The monoisotopic (exact) mass is 491 g/mol. The molecule has 0 aromatic heterocycles. The summed E-state index contributed by atoms with van der Waals surface area (Å²) in [6.07, 6.45) is 0.437. The van der Waals surface area contributed by atoms with Gasteiger partial charge in [-0.1, -0.05) is 11.8 Å². The van der Waals surface area contributed by atoms with E-state index in [0.717, 1.165) is 17.9 Å². The zero-order chi connectivity index (χ0) is 24.5. The molecule has 0 spiro atoms. The van der Waals surface area contributed by atoms with Gasteiger partial charge < -0.3 is 14.8 Å². The number of amides is 2. The molecule has 1 fully saturated rings. The van der Waals surface area contributed by atoms with Gasteiger partial charge >= 0.3 is 0 Å². The summed E-state index contributed by atoms with van der Waals surface area (Å²) in [4.78, 5) is 31.7. The van der Waals surface area contributed by atoms with E-state index in [2.05, 4.69) is 10.3 Å². The zero-order valence-electron chi connectivity index (χ0n) is 19.1. The van der Waals surface area contributed by atoms with E-state index < -0.39 is 22.8 Å². The number of amidine groups is 1. The van der Waals surface area contributed by atoms with Gasteiger partial charge in [0, 0.05) is 32.2 Å². The van der Waals surface area contributed by atoms with Crippen molar-refractivity contribution in [3.05, 3.63) is 54.1 Å². The summed E-state index contributed by atoms with van der Waals surface area (Å²) in [7, 11) is 0. The first kappa shape index (κ1) is 25.6. The quantitative estimate of drug-likeness (QED) is 0.459. The fourth-order valence-electron chi connectivity index (χ4n) is 3.25. The summed E-state index contributed by atoms with van der Waals surface area (Å²) in [6.45, 7) is 5.82. The van der Waals surface area contributed by atoms with Crippen molar-refractivity contribution in [2.75, 3.05) is 31.7 Å². The van der Waals surface area contributed by atoms with Gasteiger partial charge in [-0.15, -0.1) is 0 Å². The molecule has 0 bridgehead atoms. The Morgan fingerprint density at radius 2 is 1.91 bits per heavy atom. The minimum Gasteiger partial charge on any atom is -0.494 e. The molecule has 2 amide bonds. The Morgan fingerprint density at radius 3 is 2.59 bits per heavy atom. The molecule has 1 saturated heterocycles. The Labute approximate surface area is 201 Å². The van der Waals surface area contributed by atoms with Crippen molar-refractivity contribution in [1.29, 1.82) is 0 Å². The van der Waals surface area contributed by atoms with E-state index in [-0.39, 0.29) is 18.0 Å². The maximum atomic E-state index is 13.9. The molecule has 7 nitrogen and oxygen atoms in total. The van der Waals surface area contributed by atoms with Crippen LogP contribution in [0.5, 0.6) is 5.75 Å². The molecule has 1 aliphatic rings. The van der Waals surface area contributed by atoms with E-state index in [1.165, 1.54) is 11.8 Å². The Kier molecular flexibility index (Phi) is 9.41. The number of nitrogens with one attached hydrogen (secondary N) is 1. The topological polar surface area (TPSA) is 80.2 Å². The highest BCUT2D eigenvalue weighted by atomic mass is 32.2. The molecule has 3 rings (SSSR count). The number of thioether (sulfide) groups is 1. The summed E-state index contributed by atoms with van der Waals surface area (Å²) in [6, 6.07) is 10.1. The molecule has 1 atom stereocenters. The van der Waals surface area contributed by atoms with Gasteiger partial charge in [-0.2, -0.15) is 0 Å². The highest BCUT2D eigenvalue weighted by Gasteiger charge is 2.39. The van der Waals surface area contributed by atoms with Crippen LogP contribution in [0.4, 0.5) is 20.2 Å². The van der Waals surface area contributed by atoms with Gasteiger partial charge in [0.1, 0.15) is 22.6 Å². The summed E-state index contributed by atoms with van der Waals surface area (Å²) >= 11 is 1.19. The molecule has 0 saturated carbocycles. The van der Waals surface area contributed by atoms with E-state index in [1.54, 1.807) is 29.2 Å². The van der Waals surface area contributed by atoms with Crippen molar-refractivity contribution in [2.45, 2.75) is 31.9 Å². The molecule has 1 aliphatic heterocycles. The number of ether oxygens (including phenoxy) is 2. The number of benzene rings is 2. The van der Waals surface area contributed by atoms with Crippen molar-refractivity contribution < 1.29 is 27.8 Å². The summed E-state index contributed by atoms with van der Waals surface area (Å²) in [5.41, 5.74) is 0.505. The van der Waals surface area contributed by atoms with Gasteiger partial charge in [0.2, 0.25) is 11.8 Å². The lowest BCUT2D eigenvalue weighted by Crippen LogP contribution is -2.34. The van der Waals surface area contributed by atoms with Crippen LogP contribution < -0.4 is 10.1 Å². The summed E-state index contributed by atoms with van der Waals surface area (Å²) < 4.78 is 37.8. The lowest BCUT2D eigenvalue weighted by atomic mass is 10.2. The molecule has 182 valence electrons. The first-order chi connectivity index (χ1) is 16.4. The third kappa shape index (κ3) is 7.01. The van der Waals surface area contributed by atoms with Gasteiger partial charge in [0.25, 0.3) is 0 Å². The van der Waals surface area contributed by atoms with E-state index in [4.69, 9.17) is 9.47 Å². The lowest BCUT2D eigenvalue weighted by molar-refractivity contribution is -0.128. The second kappa shape index (κ2) is 12.5. The largest absolute Gasteiger partial charge is 0.494 e. The van der Waals surface area contributed by atoms with Crippen molar-refractivity contribution in [1.82, 2.24) is 4.90 Å². The minimum atomic E-state index is -0.881. The van der Waals surface area contributed by atoms with E-state index in [1.807, 2.05) is 13.8 Å². The van der Waals surface area contributed by atoms with Crippen molar-refractivity contribution in [3.8, 4) is 5.75 Å². The van der Waals surface area contributed by atoms with Gasteiger partial charge in [-0.05, 0) is 56.7 Å². The van der Waals surface area contributed by atoms with Crippen LogP contribution in [0.2, 0.25) is 0 Å². The fourth-order valence-corrected chi connectivity index (χ4v) is 4.44. The standard InChI is InChI=1S/C24H27F2N3O4S/c1-3-32-13-5-12-29-23(31)21(15-22(30)28-20-11-6-16(25)14-19(20)26)34-24(29)27-17-7-9-18(10-8-17)33-4-2/h6-11,14,21H,3-5,12-13,15H2,1-2H3,(H,28,30). The normalized spacial score (nSPS) is 16.8. The molecule has 0 radical (unpaired) electrons. The average Bonchev–Trinajstić information content (AvgIpc) is 3.08. The molecular formula is C24H27F2N3O4S. The number of hydrogen-bond donors (Lipinski definition) is 1. The predicted molar refractivity (Wildman–Crippen MR) is 129 cm³/mol. The zero-order valence-corrected chi connectivity index (χ0v) is 19.9. The van der Waals surface area contributed by atoms with Crippen molar-refractivity contribution >= 4 is 40.1 Å². The molecular weight excluding hydrogens is 464 g/mol. The predicted octanol–water partition coefficient (Wildman–Crippen LogP) is 4.75. The average molecular weight is 492 g/mol. The molecule has 1 N–H and O–H groups in total. The second-order valence-corrected chi connectivity index (χ2v) is 8.51. The Hall–Kier alpha value is -2.98. The van der Waals surface area contributed by atoms with Crippen molar-refractivity contribution in [2.24, 2.45) is 4.99 Å². The number of anilines is 1. The maximum absolute atomic E-state index is 13.9. The number of hydrogen-bond acceptors (Lipinski definition) is 6. The molecule has 2 aromatic carbocycles. The van der Waals surface area contributed by atoms with Gasteiger partial charge in [-0.25, -0.2) is 13.8 Å². The molecule has 34 heavy (non-hydrogen) atoms. The van der Waals surface area contributed by atoms with Crippen LogP contribution in [-0.4, -0.2) is 53.5 Å². The summed E-state index contributed by atoms with van der Waals surface area (Å²) in [5.74, 6) is -1.70. The third-order valence-electron chi connectivity index (χ3n) is 4.84. The maximum Gasteiger partial charge on any atom is 0.242 e. The van der Waals surface area contributed by atoms with E-state index >= 15 is 0 Å². The van der Waals surface area contributed by atoms with Crippen LogP contribution in [0.25, 0.3) is 0 Å². The second-order valence-electron chi connectivity index (χ2n) is 7.34. The molecule has 2 aromatic rings. The molecule has 1 unspecified atom stereocenters. The highest BCUT2D eigenvalue weighted by Crippen LogP contribution is 2.32. The van der Waals surface area contributed by atoms with Crippen LogP contribution in [-0.2, 0) is 14.3 Å². The first-order valence-corrected chi connectivity index (χ1v) is 11.9. The van der Waals surface area contributed by atoms with Crippen LogP contribution in [0.15, 0.2) is 47.5 Å². The van der Waals surface area contributed by atoms with Crippen LogP contribution in [0, 0.1) is 11.6 Å². The van der Waals surface area contributed by atoms with Gasteiger partial charge in [-0.3, -0.25) is 14.5 Å². The molecule has 1 heterocycles. The smallest absolute Gasteiger partial charge is 0.242 e. The van der Waals surface area contributed by atoms with Crippen LogP contribution in [0.3, 0.4) is 0 Å². The van der Waals surface area contributed by atoms with Gasteiger partial charge in [0.15, 0.2) is 5.17 Å². The Morgan fingerprint density at radius 1 is 1.15 bits per heavy atom. The molecule has 10 heteroatoms. The fraction of sp³-hybridized carbons (Fsp3) is 0.375. The lowest BCUT2D eigenvalue weighted by Gasteiger charge is -2.16. The van der Waals surface area contributed by atoms with Crippen LogP contribution in [0.1, 0.15) is 26.7 Å². The minimum absolute atomic E-state index is 0.140. The van der Waals surface area contributed by atoms with Crippen molar-refractivity contribution in [3.63, 3.8) is 0 Å². The Bertz CT molecular complexity index is 1030. The number of aliphatic imine (C=N–C) groups is 1. The van der Waals surface area contributed by atoms with E-state index in [0.29, 0.717) is 49.7 Å². The number of nitrogens with zero attached hydrogens (tertiary/aromatic N) is 2. The van der Waals surface area contributed by atoms with Crippen LogP contribution >= 0.6 is 11.8 Å². The van der Waals surface area contributed by atoms with Gasteiger partial charge in [0.05, 0.1) is 18.0 Å².